The first-order chi connectivity index (χ1) is 8.20. The van der Waals surface area contributed by atoms with Gasteiger partial charge >= 0.3 is 0 Å². The highest BCUT2D eigenvalue weighted by atomic mass is 16.3. The number of hydrogen-bond donors (Lipinski definition) is 2. The molecule has 0 aliphatic carbocycles. The molecule has 0 spiro atoms. The second kappa shape index (κ2) is 6.02. The van der Waals surface area contributed by atoms with Gasteiger partial charge < -0.3 is 10.4 Å². The second-order valence-corrected chi connectivity index (χ2v) is 6.55. The number of hydrogen-bond acceptors (Lipinski definition) is 3. The van der Waals surface area contributed by atoms with Gasteiger partial charge in [-0.25, -0.2) is 0 Å². The average molecular weight is 256 g/mol. The van der Waals surface area contributed by atoms with Crippen LogP contribution in [0.1, 0.15) is 47.5 Å². The van der Waals surface area contributed by atoms with E-state index in [1.807, 2.05) is 34.6 Å². The standard InChI is InChI=1S/C14H28N2O2/c1-10(13(18)15-14(3,4)5)16-8-6-7-12(9-16)11(2)17/h10-12,17H,6-9H2,1-5H3,(H,15,18). The molecule has 1 heterocycles. The van der Waals surface area contributed by atoms with Crippen molar-refractivity contribution in [1.82, 2.24) is 10.2 Å². The van der Waals surface area contributed by atoms with Crippen LogP contribution < -0.4 is 5.32 Å². The van der Waals surface area contributed by atoms with Gasteiger partial charge in [-0.3, -0.25) is 9.69 Å². The van der Waals surface area contributed by atoms with Crippen LogP contribution in [0.2, 0.25) is 0 Å². The summed E-state index contributed by atoms with van der Waals surface area (Å²) < 4.78 is 0. The second-order valence-electron chi connectivity index (χ2n) is 6.55. The number of carbonyl (C=O) groups is 1. The Labute approximate surface area is 111 Å². The van der Waals surface area contributed by atoms with Gasteiger partial charge in [-0.05, 0) is 59.9 Å². The Balaban J connectivity index is 2.55. The molecule has 1 saturated heterocycles. The van der Waals surface area contributed by atoms with Crippen LogP contribution in [0.3, 0.4) is 0 Å². The van der Waals surface area contributed by atoms with Crippen LogP contribution in [0.15, 0.2) is 0 Å². The monoisotopic (exact) mass is 256 g/mol. The third-order valence-electron chi connectivity index (χ3n) is 3.60. The van der Waals surface area contributed by atoms with Gasteiger partial charge in [0.2, 0.25) is 5.91 Å². The van der Waals surface area contributed by atoms with Crippen LogP contribution in [-0.4, -0.2) is 46.7 Å². The number of piperidine rings is 1. The molecular formula is C14H28N2O2. The minimum Gasteiger partial charge on any atom is -0.393 e. The highest BCUT2D eigenvalue weighted by Gasteiger charge is 2.30. The largest absolute Gasteiger partial charge is 0.393 e. The molecule has 0 aromatic carbocycles. The van der Waals surface area contributed by atoms with Crippen LogP contribution in [0.25, 0.3) is 0 Å². The van der Waals surface area contributed by atoms with E-state index < -0.39 is 0 Å². The van der Waals surface area contributed by atoms with E-state index in [9.17, 15) is 9.90 Å². The molecule has 4 heteroatoms. The van der Waals surface area contributed by atoms with Gasteiger partial charge in [0, 0.05) is 12.1 Å². The summed E-state index contributed by atoms with van der Waals surface area (Å²) in [7, 11) is 0. The van der Waals surface area contributed by atoms with Crippen LogP contribution in [0.5, 0.6) is 0 Å². The topological polar surface area (TPSA) is 52.6 Å². The summed E-state index contributed by atoms with van der Waals surface area (Å²) in [6.45, 7) is 11.5. The van der Waals surface area contributed by atoms with E-state index in [4.69, 9.17) is 0 Å². The van der Waals surface area contributed by atoms with E-state index in [2.05, 4.69) is 10.2 Å². The van der Waals surface area contributed by atoms with Crippen molar-refractivity contribution in [2.75, 3.05) is 13.1 Å². The summed E-state index contributed by atoms with van der Waals surface area (Å²) in [4.78, 5) is 14.3. The number of rotatable bonds is 3. The van der Waals surface area contributed by atoms with Crippen molar-refractivity contribution in [2.45, 2.75) is 65.1 Å². The minimum absolute atomic E-state index is 0.0775. The molecule has 0 aromatic heterocycles. The molecule has 0 bridgehead atoms. The molecule has 0 radical (unpaired) electrons. The maximum absolute atomic E-state index is 12.1. The molecule has 1 fully saturated rings. The van der Waals surface area contributed by atoms with E-state index in [-0.39, 0.29) is 23.6 Å². The quantitative estimate of drug-likeness (QED) is 0.802. The summed E-state index contributed by atoms with van der Waals surface area (Å²) in [6.07, 6.45) is 1.83. The Morgan fingerprint density at radius 3 is 2.50 bits per heavy atom. The fraction of sp³-hybridized carbons (Fsp3) is 0.929. The Morgan fingerprint density at radius 1 is 1.39 bits per heavy atom. The SMILES string of the molecule is CC(O)C1CCCN(C(C)C(=O)NC(C)(C)C)C1. The summed E-state index contributed by atoms with van der Waals surface area (Å²) in [5.74, 6) is 0.373. The number of aliphatic hydroxyl groups excluding tert-OH is 1. The molecule has 4 nitrogen and oxygen atoms in total. The maximum atomic E-state index is 12.1. The third-order valence-corrected chi connectivity index (χ3v) is 3.60. The Kier molecular flexibility index (Phi) is 5.17. The molecule has 18 heavy (non-hydrogen) atoms. The molecule has 3 unspecified atom stereocenters. The third kappa shape index (κ3) is 4.58. The van der Waals surface area contributed by atoms with Crippen molar-refractivity contribution < 1.29 is 9.90 Å². The Hall–Kier alpha value is -0.610. The van der Waals surface area contributed by atoms with Crippen molar-refractivity contribution in [2.24, 2.45) is 5.92 Å². The zero-order valence-corrected chi connectivity index (χ0v) is 12.4. The fourth-order valence-corrected chi connectivity index (χ4v) is 2.43. The number of nitrogens with one attached hydrogen (secondary N) is 1. The first-order valence-electron chi connectivity index (χ1n) is 6.95. The lowest BCUT2D eigenvalue weighted by atomic mass is 9.92. The molecule has 3 atom stereocenters. The van der Waals surface area contributed by atoms with Crippen molar-refractivity contribution in [3.05, 3.63) is 0 Å². The summed E-state index contributed by atoms with van der Waals surface area (Å²) in [6, 6.07) is -0.120. The van der Waals surface area contributed by atoms with E-state index in [1.54, 1.807) is 0 Å². The molecule has 1 aliphatic heterocycles. The Morgan fingerprint density at radius 2 is 2.00 bits per heavy atom. The Bertz CT molecular complexity index is 284. The van der Waals surface area contributed by atoms with Gasteiger partial charge in [-0.15, -0.1) is 0 Å². The lowest BCUT2D eigenvalue weighted by Crippen LogP contribution is -2.53. The number of likely N-dealkylation sites (tertiary alicyclic amines) is 1. The van der Waals surface area contributed by atoms with Gasteiger partial charge in [0.1, 0.15) is 0 Å². The van der Waals surface area contributed by atoms with Gasteiger partial charge in [0.15, 0.2) is 0 Å². The van der Waals surface area contributed by atoms with Crippen LogP contribution in [0, 0.1) is 5.92 Å². The molecule has 1 rings (SSSR count). The molecule has 106 valence electrons. The van der Waals surface area contributed by atoms with Gasteiger partial charge in [0.05, 0.1) is 12.1 Å². The zero-order chi connectivity index (χ0) is 13.9. The van der Waals surface area contributed by atoms with Crippen molar-refractivity contribution in [3.63, 3.8) is 0 Å². The average Bonchev–Trinajstić information content (AvgIpc) is 2.26. The fourth-order valence-electron chi connectivity index (χ4n) is 2.43. The van der Waals surface area contributed by atoms with E-state index in [0.717, 1.165) is 25.9 Å². The zero-order valence-electron chi connectivity index (χ0n) is 12.4. The van der Waals surface area contributed by atoms with Gasteiger partial charge in [-0.2, -0.15) is 0 Å². The van der Waals surface area contributed by atoms with Gasteiger partial charge in [-0.1, -0.05) is 0 Å². The van der Waals surface area contributed by atoms with Crippen LogP contribution in [0.4, 0.5) is 0 Å². The highest BCUT2D eigenvalue weighted by molar-refractivity contribution is 5.81. The lowest BCUT2D eigenvalue weighted by Gasteiger charge is -2.38. The molecule has 2 N–H and O–H groups in total. The predicted octanol–water partition coefficient (Wildman–Crippen LogP) is 1.38. The number of nitrogens with zero attached hydrogens (tertiary/aromatic N) is 1. The van der Waals surface area contributed by atoms with Crippen LogP contribution >= 0.6 is 0 Å². The minimum atomic E-state index is -0.286. The van der Waals surface area contributed by atoms with Crippen LogP contribution in [-0.2, 0) is 4.79 Å². The lowest BCUT2D eigenvalue weighted by molar-refractivity contribution is -0.128. The summed E-state index contributed by atoms with van der Waals surface area (Å²) in [5, 5.41) is 12.7. The number of carbonyl (C=O) groups excluding carboxylic acids is 1. The molecule has 1 aliphatic rings. The number of aliphatic hydroxyl groups is 1. The van der Waals surface area contributed by atoms with Crippen molar-refractivity contribution in [1.29, 1.82) is 0 Å². The van der Waals surface area contributed by atoms with Crippen molar-refractivity contribution in [3.8, 4) is 0 Å². The maximum Gasteiger partial charge on any atom is 0.237 e. The first-order valence-corrected chi connectivity index (χ1v) is 6.95. The first kappa shape index (κ1) is 15.4. The number of amides is 1. The van der Waals surface area contributed by atoms with E-state index in [0.29, 0.717) is 5.92 Å². The summed E-state index contributed by atoms with van der Waals surface area (Å²) >= 11 is 0. The van der Waals surface area contributed by atoms with Gasteiger partial charge in [0.25, 0.3) is 0 Å². The normalized spacial score (nSPS) is 25.6. The van der Waals surface area contributed by atoms with E-state index in [1.165, 1.54) is 0 Å². The molecule has 1 amide bonds. The smallest absolute Gasteiger partial charge is 0.237 e. The summed E-state index contributed by atoms with van der Waals surface area (Å²) in [5.41, 5.74) is -0.190. The highest BCUT2D eigenvalue weighted by Crippen LogP contribution is 2.21. The molecular weight excluding hydrogens is 228 g/mol. The molecule has 0 saturated carbocycles. The predicted molar refractivity (Wildman–Crippen MR) is 73.3 cm³/mol. The van der Waals surface area contributed by atoms with E-state index >= 15 is 0 Å². The van der Waals surface area contributed by atoms with Crippen molar-refractivity contribution >= 4 is 5.91 Å². The molecule has 0 aromatic rings.